The van der Waals surface area contributed by atoms with Gasteiger partial charge in [0.1, 0.15) is 0 Å². The second-order valence-electron chi connectivity index (χ2n) is 1.34. The van der Waals surface area contributed by atoms with Crippen molar-refractivity contribution in [3.8, 4) is 0 Å². The van der Waals surface area contributed by atoms with Gasteiger partial charge in [-0.2, -0.15) is 25.3 Å². The van der Waals surface area contributed by atoms with E-state index < -0.39 is 31.2 Å². The van der Waals surface area contributed by atoms with Gasteiger partial charge in [-0.05, 0) is 0 Å². The summed E-state index contributed by atoms with van der Waals surface area (Å²) in [5.74, 6) is 0. The summed E-state index contributed by atoms with van der Waals surface area (Å²) in [6.07, 6.45) is 0. The van der Waals surface area contributed by atoms with Crippen molar-refractivity contribution in [2.24, 2.45) is 0 Å². The van der Waals surface area contributed by atoms with E-state index in [4.69, 9.17) is 52.6 Å². The zero-order valence-electron chi connectivity index (χ0n) is 7.77. The molecule has 18 heavy (non-hydrogen) atoms. The third-order valence-corrected chi connectivity index (χ3v) is 0. The Labute approximate surface area is 116 Å². The standard InChI is InChI=1S/Mo.3H2O4S.2H2O/c;3*1-5(2,3)4;;/h;3*(H2,1,2,3,4);2*1H2. The first-order valence-electron chi connectivity index (χ1n) is 2.10. The molecule has 0 aromatic rings. The van der Waals surface area contributed by atoms with E-state index in [2.05, 4.69) is 0 Å². The topological polar surface area (TPSA) is 287 Å². The zero-order valence-corrected chi connectivity index (χ0v) is 12.2. The van der Waals surface area contributed by atoms with Gasteiger partial charge in [-0.1, -0.05) is 0 Å². The number of hydrogen-bond acceptors (Lipinski definition) is 6. The van der Waals surface area contributed by atoms with Crippen LogP contribution in [0.4, 0.5) is 0 Å². The molecule has 0 radical (unpaired) electrons. The Morgan fingerprint density at radius 3 is 0.444 bits per heavy atom. The average Bonchev–Trinajstić information content (AvgIpc) is 1.41. The first kappa shape index (κ1) is 36.2. The second kappa shape index (κ2) is 13.6. The molecule has 0 saturated carbocycles. The second-order valence-corrected chi connectivity index (χ2v) is 4.03. The molecule has 0 aromatic heterocycles. The molecule has 0 bridgehead atoms. The fourth-order valence-electron chi connectivity index (χ4n) is 0. The van der Waals surface area contributed by atoms with E-state index in [1.165, 1.54) is 0 Å². The molecular weight excluding hydrogens is 416 g/mol. The van der Waals surface area contributed by atoms with Crippen LogP contribution in [-0.4, -0.2) is 63.5 Å². The predicted molar refractivity (Wildman–Crippen MR) is 49.8 cm³/mol. The van der Waals surface area contributed by atoms with Gasteiger partial charge in [-0.3, -0.25) is 27.3 Å². The fourth-order valence-corrected chi connectivity index (χ4v) is 0. The van der Waals surface area contributed by atoms with Crippen LogP contribution in [0.25, 0.3) is 0 Å². The van der Waals surface area contributed by atoms with Crippen LogP contribution in [0.3, 0.4) is 0 Å². The van der Waals surface area contributed by atoms with Gasteiger partial charge >= 0.3 is 31.2 Å². The number of rotatable bonds is 0. The Hall–Kier alpha value is 0.218. The normalized spacial score (nSPS) is 9.67. The van der Waals surface area contributed by atoms with Crippen molar-refractivity contribution in [2.45, 2.75) is 0 Å². The van der Waals surface area contributed by atoms with Crippen LogP contribution in [0.2, 0.25) is 0 Å². The van der Waals surface area contributed by atoms with E-state index in [-0.39, 0.29) is 32.0 Å². The monoisotopic (exact) mass is 428 g/mol. The largest absolute Gasteiger partial charge is 0.412 e. The first-order valence-corrected chi connectivity index (χ1v) is 6.29. The molecule has 0 amide bonds. The fraction of sp³-hybridized carbons (Fsp3) is 0. The van der Waals surface area contributed by atoms with Crippen LogP contribution in [0, 0.1) is 0 Å². The van der Waals surface area contributed by atoms with Crippen molar-refractivity contribution < 1.29 is 84.6 Å². The molecule has 18 heteroatoms. The average molecular weight is 426 g/mol. The minimum absolute atomic E-state index is 0. The molecule has 0 aliphatic heterocycles. The summed E-state index contributed by atoms with van der Waals surface area (Å²) >= 11 is 0. The maximum Gasteiger partial charge on any atom is 0.394 e. The summed E-state index contributed by atoms with van der Waals surface area (Å²) in [6, 6.07) is 0. The quantitative estimate of drug-likeness (QED) is 0.162. The van der Waals surface area contributed by atoms with Crippen LogP contribution < -0.4 is 0 Å². The van der Waals surface area contributed by atoms with Crippen LogP contribution in [0.15, 0.2) is 0 Å². The Balaban J connectivity index is -0.0000000277. The zero-order chi connectivity index (χ0) is 13.5. The van der Waals surface area contributed by atoms with Crippen molar-refractivity contribution in [1.82, 2.24) is 0 Å². The van der Waals surface area contributed by atoms with Crippen molar-refractivity contribution in [1.29, 1.82) is 0 Å². The maximum absolute atomic E-state index is 8.74. The van der Waals surface area contributed by atoms with Gasteiger partial charge in [0, 0.05) is 21.1 Å². The Bertz CT molecular complexity index is 338. The van der Waals surface area contributed by atoms with Crippen molar-refractivity contribution in [3.63, 3.8) is 0 Å². The third kappa shape index (κ3) is 78800. The van der Waals surface area contributed by atoms with E-state index in [0.29, 0.717) is 0 Å². The minimum Gasteiger partial charge on any atom is -0.412 e. The molecule has 14 nitrogen and oxygen atoms in total. The summed E-state index contributed by atoms with van der Waals surface area (Å²) in [7, 11) is -14.0. The smallest absolute Gasteiger partial charge is 0.394 e. The van der Waals surface area contributed by atoms with Gasteiger partial charge in [0.05, 0.1) is 0 Å². The van der Waals surface area contributed by atoms with Gasteiger partial charge in [0.25, 0.3) is 0 Å². The van der Waals surface area contributed by atoms with E-state index in [1.54, 1.807) is 0 Å². The molecule has 0 fully saturated rings. The van der Waals surface area contributed by atoms with E-state index in [1.807, 2.05) is 0 Å². The molecule has 0 rings (SSSR count). The summed E-state index contributed by atoms with van der Waals surface area (Å²) in [4.78, 5) is 0. The minimum atomic E-state index is -4.67. The Kier molecular flexibility index (Phi) is 27.4. The molecule has 118 valence electrons. The molecule has 0 heterocycles. The maximum atomic E-state index is 8.74. The van der Waals surface area contributed by atoms with Crippen molar-refractivity contribution >= 4 is 31.2 Å². The van der Waals surface area contributed by atoms with Gasteiger partial charge in [0.2, 0.25) is 0 Å². The molecule has 10 N–H and O–H groups in total. The molecule has 0 atom stereocenters. The van der Waals surface area contributed by atoms with Crippen LogP contribution in [0.5, 0.6) is 0 Å². The van der Waals surface area contributed by atoms with E-state index in [9.17, 15) is 0 Å². The molecule has 0 aliphatic carbocycles. The molecule has 0 saturated heterocycles. The molecule has 0 aromatic carbocycles. The Morgan fingerprint density at radius 2 is 0.444 bits per heavy atom. The first-order chi connectivity index (χ1) is 6.00. The third-order valence-electron chi connectivity index (χ3n) is 0. The molecule has 0 aliphatic rings. The molecule has 0 spiro atoms. The molecular formula is H10MoO14S3. The Morgan fingerprint density at radius 1 is 0.444 bits per heavy atom. The summed E-state index contributed by atoms with van der Waals surface area (Å²) in [5, 5.41) is 0. The van der Waals surface area contributed by atoms with Gasteiger partial charge in [0.15, 0.2) is 0 Å². The molecule has 0 unspecified atom stereocenters. The number of hydrogen-bond donors (Lipinski definition) is 6. The summed E-state index contributed by atoms with van der Waals surface area (Å²) in [6.45, 7) is 0. The van der Waals surface area contributed by atoms with Crippen molar-refractivity contribution in [3.05, 3.63) is 0 Å². The van der Waals surface area contributed by atoms with Crippen LogP contribution in [-0.2, 0) is 52.3 Å². The summed E-state index contributed by atoms with van der Waals surface area (Å²) in [5.41, 5.74) is 0. The van der Waals surface area contributed by atoms with Crippen LogP contribution >= 0.6 is 0 Å². The van der Waals surface area contributed by atoms with Crippen molar-refractivity contribution in [2.75, 3.05) is 0 Å². The summed E-state index contributed by atoms with van der Waals surface area (Å²) < 4.78 is 94.8. The SMILES string of the molecule is O.O.O=S(=O)(O)O.O=S(=O)(O)O.O=S(=O)(O)O.[Mo]. The van der Waals surface area contributed by atoms with E-state index in [0.717, 1.165) is 0 Å². The van der Waals surface area contributed by atoms with E-state index >= 15 is 0 Å². The van der Waals surface area contributed by atoms with Gasteiger partial charge in [-0.15, -0.1) is 0 Å². The van der Waals surface area contributed by atoms with Gasteiger partial charge in [-0.25, -0.2) is 0 Å². The van der Waals surface area contributed by atoms with Gasteiger partial charge < -0.3 is 11.0 Å². The predicted octanol–water partition coefficient (Wildman–Crippen LogP) is -3.61. The van der Waals surface area contributed by atoms with Crippen LogP contribution in [0.1, 0.15) is 0 Å².